The van der Waals surface area contributed by atoms with Crippen LogP contribution in [0.1, 0.15) is 16.1 Å². The summed E-state index contributed by atoms with van der Waals surface area (Å²) in [5.74, 6) is 1.25. The average Bonchev–Trinajstić information content (AvgIpc) is 3.32. The molecule has 0 aromatic carbocycles. The van der Waals surface area contributed by atoms with Crippen LogP contribution in [0.25, 0.3) is 11.3 Å². The van der Waals surface area contributed by atoms with Crippen LogP contribution >= 0.6 is 11.3 Å². The van der Waals surface area contributed by atoms with Crippen molar-refractivity contribution < 1.29 is 4.63 Å². The highest BCUT2D eigenvalue weighted by atomic mass is 32.1. The van der Waals surface area contributed by atoms with Gasteiger partial charge in [-0.15, -0.1) is 11.3 Å². The molecule has 0 spiro atoms. The van der Waals surface area contributed by atoms with Gasteiger partial charge in [0.25, 0.3) is 0 Å². The van der Waals surface area contributed by atoms with Gasteiger partial charge in [0.05, 0.1) is 6.54 Å². The van der Waals surface area contributed by atoms with Gasteiger partial charge in [-0.05, 0) is 40.3 Å². The van der Waals surface area contributed by atoms with Crippen molar-refractivity contribution >= 4 is 34.3 Å². The van der Waals surface area contributed by atoms with Crippen molar-refractivity contribution in [3.63, 3.8) is 0 Å². The number of pyridine rings is 1. The van der Waals surface area contributed by atoms with Crippen molar-refractivity contribution in [3.05, 3.63) is 52.0 Å². The molecule has 4 heterocycles. The summed E-state index contributed by atoms with van der Waals surface area (Å²) in [5.41, 5.74) is 2.99. The molecule has 4 rings (SSSR count). The van der Waals surface area contributed by atoms with Crippen molar-refractivity contribution in [2.45, 2.75) is 19.9 Å². The molecule has 0 fully saturated rings. The normalized spacial score (nSPS) is 11.0. The van der Waals surface area contributed by atoms with Crippen LogP contribution in [0, 0.1) is 6.92 Å². The molecule has 0 saturated carbocycles. The van der Waals surface area contributed by atoms with Crippen LogP contribution in [0.3, 0.4) is 0 Å². The van der Waals surface area contributed by atoms with Crippen LogP contribution in [0.15, 0.2) is 40.5 Å². The molecule has 4 aromatic rings. The van der Waals surface area contributed by atoms with Gasteiger partial charge in [-0.25, -0.2) is 14.6 Å². The van der Waals surface area contributed by atoms with Gasteiger partial charge < -0.3 is 10.6 Å². The van der Waals surface area contributed by atoms with E-state index in [0.717, 1.165) is 12.1 Å². The van der Waals surface area contributed by atoms with E-state index >= 15 is 0 Å². The summed E-state index contributed by atoms with van der Waals surface area (Å²) in [6.07, 6.45) is 2.59. The lowest BCUT2D eigenvalue weighted by Crippen LogP contribution is -2.12. The van der Waals surface area contributed by atoms with Crippen LogP contribution < -0.4 is 10.6 Å². The second-order valence-electron chi connectivity index (χ2n) is 5.71. The monoisotopic (exact) mass is 367 g/mol. The lowest BCUT2D eigenvalue weighted by molar-refractivity contribution is 0.314. The van der Waals surface area contributed by atoms with Crippen LogP contribution in [-0.2, 0) is 13.0 Å². The Morgan fingerprint density at radius 3 is 2.58 bits per heavy atom. The number of hydrogen-bond donors (Lipinski definition) is 2. The summed E-state index contributed by atoms with van der Waals surface area (Å²) in [4.78, 5) is 14.6. The Morgan fingerprint density at radius 2 is 1.85 bits per heavy atom. The molecule has 0 aliphatic heterocycles. The summed E-state index contributed by atoms with van der Waals surface area (Å²) < 4.78 is 4.73. The maximum atomic E-state index is 4.73. The Bertz CT molecular complexity index is 999. The molecule has 0 atom stereocenters. The topological polar surface area (TPSA) is 102 Å². The molecule has 0 aliphatic carbocycles. The first-order valence-corrected chi connectivity index (χ1v) is 9.08. The molecule has 0 saturated heterocycles. The average molecular weight is 367 g/mol. The van der Waals surface area contributed by atoms with Crippen LogP contribution in [0.5, 0.6) is 0 Å². The number of fused-ring (bicyclic) bond motifs is 1. The number of nitrogens with zero attached hydrogens (tertiary/aromatic N) is 5. The molecule has 0 amide bonds. The minimum Gasteiger partial charge on any atom is -0.367 e. The Morgan fingerprint density at radius 1 is 1.04 bits per heavy atom. The molecule has 8 nitrogen and oxygen atoms in total. The zero-order valence-corrected chi connectivity index (χ0v) is 15.0. The zero-order valence-electron chi connectivity index (χ0n) is 14.1. The van der Waals surface area contributed by atoms with Crippen molar-refractivity contribution in [3.8, 4) is 0 Å². The maximum absolute atomic E-state index is 4.73. The number of aryl methyl sites for hydroxylation is 1. The van der Waals surface area contributed by atoms with E-state index in [0.29, 0.717) is 36.0 Å². The predicted octanol–water partition coefficient (Wildman–Crippen LogP) is 3.04. The van der Waals surface area contributed by atoms with E-state index in [2.05, 4.69) is 55.0 Å². The highest BCUT2D eigenvalue weighted by Gasteiger charge is 2.13. The first-order valence-electron chi connectivity index (χ1n) is 8.20. The lowest BCUT2D eigenvalue weighted by Gasteiger charge is -2.11. The van der Waals surface area contributed by atoms with Gasteiger partial charge in [0.1, 0.15) is 0 Å². The van der Waals surface area contributed by atoms with Crippen LogP contribution in [0.2, 0.25) is 0 Å². The van der Waals surface area contributed by atoms with Crippen molar-refractivity contribution in [1.29, 1.82) is 0 Å². The molecule has 132 valence electrons. The number of anilines is 2. The lowest BCUT2D eigenvalue weighted by atomic mass is 10.2. The fourth-order valence-electron chi connectivity index (χ4n) is 2.55. The Labute approximate surface area is 153 Å². The molecule has 26 heavy (non-hydrogen) atoms. The van der Waals surface area contributed by atoms with Gasteiger partial charge in [0.2, 0.25) is 11.3 Å². The quantitative estimate of drug-likeness (QED) is 0.514. The van der Waals surface area contributed by atoms with E-state index in [1.165, 1.54) is 10.4 Å². The third kappa shape index (κ3) is 3.62. The van der Waals surface area contributed by atoms with Crippen molar-refractivity contribution in [2.75, 3.05) is 17.2 Å². The van der Waals surface area contributed by atoms with Gasteiger partial charge in [-0.1, -0.05) is 12.1 Å². The molecule has 0 unspecified atom stereocenters. The minimum atomic E-state index is 0.378. The number of aromatic nitrogens is 5. The van der Waals surface area contributed by atoms with Crippen LogP contribution in [0.4, 0.5) is 11.6 Å². The summed E-state index contributed by atoms with van der Waals surface area (Å²) >= 11 is 1.68. The van der Waals surface area contributed by atoms with E-state index in [1.54, 1.807) is 11.3 Å². The molecule has 2 N–H and O–H groups in total. The largest absolute Gasteiger partial charge is 0.367 e. The summed E-state index contributed by atoms with van der Waals surface area (Å²) in [5, 5.41) is 16.2. The molecular weight excluding hydrogens is 350 g/mol. The van der Waals surface area contributed by atoms with E-state index in [4.69, 9.17) is 4.63 Å². The first kappa shape index (κ1) is 16.4. The molecule has 0 radical (unpaired) electrons. The van der Waals surface area contributed by atoms with Crippen molar-refractivity contribution in [2.24, 2.45) is 0 Å². The van der Waals surface area contributed by atoms with E-state index in [1.807, 2.05) is 23.7 Å². The fraction of sp³-hybridized carbons (Fsp3) is 0.235. The molecule has 9 heteroatoms. The van der Waals surface area contributed by atoms with Gasteiger partial charge in [0, 0.05) is 29.7 Å². The van der Waals surface area contributed by atoms with E-state index < -0.39 is 0 Å². The number of rotatable bonds is 7. The summed E-state index contributed by atoms with van der Waals surface area (Å²) in [7, 11) is 0. The highest BCUT2D eigenvalue weighted by Crippen LogP contribution is 2.21. The van der Waals surface area contributed by atoms with E-state index in [9.17, 15) is 0 Å². The van der Waals surface area contributed by atoms with Crippen molar-refractivity contribution in [1.82, 2.24) is 25.3 Å². The molecule has 4 aromatic heterocycles. The maximum Gasteiger partial charge on any atom is 0.245 e. The Balaban J connectivity index is 1.50. The van der Waals surface area contributed by atoms with Gasteiger partial charge in [0.15, 0.2) is 11.6 Å². The van der Waals surface area contributed by atoms with Crippen LogP contribution in [-0.4, -0.2) is 31.8 Å². The first-order chi connectivity index (χ1) is 12.8. The Kier molecular flexibility index (Phi) is 4.69. The third-order valence-electron chi connectivity index (χ3n) is 3.90. The predicted molar refractivity (Wildman–Crippen MR) is 100 cm³/mol. The second kappa shape index (κ2) is 7.44. The SMILES string of the molecule is Cc1cccnc1CCNc1nc2nonc2nc1NCc1cccs1. The highest BCUT2D eigenvalue weighted by molar-refractivity contribution is 7.09. The standard InChI is InChI=1S/C17H17N7OS/c1-11-4-2-7-18-13(11)6-8-19-14-15(20-10-12-5-3-9-26-12)22-17-16(21-14)23-25-24-17/h2-5,7,9H,6,8,10H2,1H3,(H,19,21,23)(H,20,22,24). The van der Waals surface area contributed by atoms with Gasteiger partial charge >= 0.3 is 0 Å². The summed E-state index contributed by atoms with van der Waals surface area (Å²) in [6.45, 7) is 3.40. The fourth-order valence-corrected chi connectivity index (χ4v) is 3.19. The van der Waals surface area contributed by atoms with Gasteiger partial charge in [-0.3, -0.25) is 4.98 Å². The number of nitrogens with one attached hydrogen (secondary N) is 2. The number of hydrogen-bond acceptors (Lipinski definition) is 9. The molecule has 0 aliphatic rings. The zero-order chi connectivity index (χ0) is 17.8. The molecule has 0 bridgehead atoms. The second-order valence-corrected chi connectivity index (χ2v) is 6.74. The minimum absolute atomic E-state index is 0.378. The third-order valence-corrected chi connectivity index (χ3v) is 4.77. The summed E-state index contributed by atoms with van der Waals surface area (Å²) in [6, 6.07) is 8.09. The van der Waals surface area contributed by atoms with E-state index in [-0.39, 0.29) is 0 Å². The number of thiophene rings is 1. The Hall–Kier alpha value is -3.07. The van der Waals surface area contributed by atoms with Gasteiger partial charge in [-0.2, -0.15) is 0 Å². The smallest absolute Gasteiger partial charge is 0.245 e. The molecular formula is C17H17N7OS.